The molecule has 0 fully saturated rings. The second-order valence-electron chi connectivity index (χ2n) is 6.18. The van der Waals surface area contributed by atoms with Crippen LogP contribution in [0.25, 0.3) is 10.8 Å². The Morgan fingerprint density at radius 1 is 1.17 bits per heavy atom. The van der Waals surface area contributed by atoms with Gasteiger partial charge < -0.3 is 9.84 Å². The van der Waals surface area contributed by atoms with Crippen molar-refractivity contribution in [1.82, 2.24) is 15.5 Å². The smallest absolute Gasteiger partial charge is 0.231 e. The molecule has 23 heavy (non-hydrogen) atoms. The Bertz CT molecular complexity index is 852. The molecule has 0 aliphatic heterocycles. The van der Waals surface area contributed by atoms with Crippen LogP contribution in [0.15, 0.2) is 47.0 Å². The van der Waals surface area contributed by atoms with E-state index in [1.165, 1.54) is 17.7 Å². The fourth-order valence-electron chi connectivity index (χ4n) is 2.60. The van der Waals surface area contributed by atoms with Gasteiger partial charge in [0.15, 0.2) is 5.82 Å². The van der Waals surface area contributed by atoms with Crippen LogP contribution in [-0.4, -0.2) is 16.0 Å². The lowest BCUT2D eigenvalue weighted by molar-refractivity contribution is -0.120. The van der Waals surface area contributed by atoms with Crippen molar-refractivity contribution in [2.24, 2.45) is 0 Å². The van der Waals surface area contributed by atoms with Crippen LogP contribution in [0.1, 0.15) is 38.0 Å². The minimum atomic E-state index is -0.656. The van der Waals surface area contributed by atoms with Crippen LogP contribution in [0.3, 0.4) is 0 Å². The molecule has 0 bridgehead atoms. The molecule has 0 saturated heterocycles. The van der Waals surface area contributed by atoms with Crippen molar-refractivity contribution >= 4 is 16.7 Å². The third-order valence-electron chi connectivity index (χ3n) is 3.68. The summed E-state index contributed by atoms with van der Waals surface area (Å²) in [5.41, 5.74) is 0.452. The van der Waals surface area contributed by atoms with Crippen molar-refractivity contribution in [3.63, 3.8) is 0 Å². The van der Waals surface area contributed by atoms with E-state index in [4.69, 9.17) is 4.52 Å². The summed E-state index contributed by atoms with van der Waals surface area (Å²) >= 11 is 0. The van der Waals surface area contributed by atoms with E-state index in [9.17, 15) is 4.79 Å². The molecule has 1 heterocycles. The molecule has 0 aliphatic rings. The van der Waals surface area contributed by atoms with Crippen LogP contribution in [0, 0.1) is 0 Å². The Morgan fingerprint density at radius 2 is 1.91 bits per heavy atom. The minimum Gasteiger partial charge on any atom is -0.344 e. The van der Waals surface area contributed by atoms with Gasteiger partial charge in [-0.3, -0.25) is 4.79 Å². The first-order chi connectivity index (χ1) is 10.9. The van der Waals surface area contributed by atoms with E-state index < -0.39 is 5.54 Å². The lowest BCUT2D eigenvalue weighted by atomic mass is 10.0. The highest BCUT2D eigenvalue weighted by molar-refractivity contribution is 5.83. The van der Waals surface area contributed by atoms with Crippen LogP contribution in [0.2, 0.25) is 0 Å². The molecule has 1 aromatic heterocycles. The van der Waals surface area contributed by atoms with E-state index in [0.29, 0.717) is 18.1 Å². The summed E-state index contributed by atoms with van der Waals surface area (Å²) in [4.78, 5) is 15.7. The number of carbonyl (C=O) groups excluding carboxylic acids is 1. The number of amides is 1. The van der Waals surface area contributed by atoms with E-state index in [1.54, 1.807) is 0 Å². The van der Waals surface area contributed by atoms with Crippen molar-refractivity contribution < 1.29 is 9.32 Å². The van der Waals surface area contributed by atoms with Gasteiger partial charge in [-0.25, -0.2) is 0 Å². The van der Waals surface area contributed by atoms with Crippen LogP contribution in [0.4, 0.5) is 0 Å². The van der Waals surface area contributed by atoms with Crippen LogP contribution in [0.5, 0.6) is 0 Å². The fraction of sp³-hybridized carbons (Fsp3) is 0.278. The number of benzene rings is 2. The molecule has 1 amide bonds. The lowest BCUT2D eigenvalue weighted by Gasteiger charge is -2.20. The number of nitrogens with one attached hydrogen (secondary N) is 1. The highest BCUT2D eigenvalue weighted by atomic mass is 16.5. The summed E-state index contributed by atoms with van der Waals surface area (Å²) in [7, 11) is 0. The van der Waals surface area contributed by atoms with E-state index in [0.717, 1.165) is 5.56 Å². The van der Waals surface area contributed by atoms with Gasteiger partial charge in [0, 0.05) is 6.92 Å². The number of hydrogen-bond donors (Lipinski definition) is 1. The van der Waals surface area contributed by atoms with Gasteiger partial charge >= 0.3 is 0 Å². The zero-order chi connectivity index (χ0) is 16.4. The van der Waals surface area contributed by atoms with E-state index in [1.807, 2.05) is 26.0 Å². The van der Waals surface area contributed by atoms with Crippen molar-refractivity contribution in [3.05, 3.63) is 59.7 Å². The molecular weight excluding hydrogens is 290 g/mol. The Morgan fingerprint density at radius 3 is 2.65 bits per heavy atom. The number of aromatic nitrogens is 2. The lowest BCUT2D eigenvalue weighted by Crippen LogP contribution is -2.40. The van der Waals surface area contributed by atoms with Gasteiger partial charge in [0.1, 0.15) is 0 Å². The summed E-state index contributed by atoms with van der Waals surface area (Å²) < 4.78 is 5.34. The van der Waals surface area contributed by atoms with Gasteiger partial charge in [-0.05, 0) is 30.2 Å². The maximum atomic E-state index is 11.3. The molecule has 5 heteroatoms. The maximum Gasteiger partial charge on any atom is 0.231 e. The third-order valence-corrected chi connectivity index (χ3v) is 3.68. The van der Waals surface area contributed by atoms with Crippen molar-refractivity contribution in [2.75, 3.05) is 0 Å². The summed E-state index contributed by atoms with van der Waals surface area (Å²) in [6.45, 7) is 5.16. The maximum absolute atomic E-state index is 11.3. The Labute approximate surface area is 134 Å². The molecule has 3 aromatic rings. The summed E-state index contributed by atoms with van der Waals surface area (Å²) in [6.07, 6.45) is 0.563. The summed E-state index contributed by atoms with van der Waals surface area (Å²) in [5.74, 6) is 0.882. The normalized spacial score (nSPS) is 11.6. The molecular formula is C18H19N3O2. The zero-order valence-corrected chi connectivity index (χ0v) is 13.5. The molecule has 1 N–H and O–H groups in total. The van der Waals surface area contributed by atoms with Gasteiger partial charge in [-0.15, -0.1) is 0 Å². The number of hydrogen-bond acceptors (Lipinski definition) is 4. The summed E-state index contributed by atoms with van der Waals surface area (Å²) in [6, 6.07) is 14.5. The van der Waals surface area contributed by atoms with Gasteiger partial charge in [0.05, 0.1) is 12.0 Å². The highest BCUT2D eigenvalue weighted by Crippen LogP contribution is 2.20. The monoisotopic (exact) mass is 309 g/mol. The first kappa shape index (κ1) is 15.2. The van der Waals surface area contributed by atoms with Crippen LogP contribution in [-0.2, 0) is 16.8 Å². The second-order valence-corrected chi connectivity index (χ2v) is 6.18. The number of carbonyl (C=O) groups is 1. The molecule has 0 atom stereocenters. The predicted molar refractivity (Wildman–Crippen MR) is 87.9 cm³/mol. The zero-order valence-electron chi connectivity index (χ0n) is 13.5. The molecule has 5 nitrogen and oxygen atoms in total. The minimum absolute atomic E-state index is 0.129. The van der Waals surface area contributed by atoms with Gasteiger partial charge in [-0.1, -0.05) is 47.6 Å². The topological polar surface area (TPSA) is 68.0 Å². The molecule has 0 radical (unpaired) electrons. The van der Waals surface area contributed by atoms with Crippen molar-refractivity contribution in [3.8, 4) is 0 Å². The van der Waals surface area contributed by atoms with Crippen molar-refractivity contribution in [1.29, 1.82) is 0 Å². The quantitative estimate of drug-likeness (QED) is 0.803. The molecule has 118 valence electrons. The Balaban J connectivity index is 1.81. The van der Waals surface area contributed by atoms with E-state index >= 15 is 0 Å². The van der Waals surface area contributed by atoms with Gasteiger partial charge in [-0.2, -0.15) is 4.98 Å². The third kappa shape index (κ3) is 3.39. The first-order valence-electron chi connectivity index (χ1n) is 7.53. The number of rotatable bonds is 4. The fourth-order valence-corrected chi connectivity index (χ4v) is 2.60. The first-order valence-corrected chi connectivity index (χ1v) is 7.53. The predicted octanol–water partition coefficient (Wildman–Crippen LogP) is 3.18. The van der Waals surface area contributed by atoms with E-state index in [2.05, 4.69) is 45.8 Å². The highest BCUT2D eigenvalue weighted by Gasteiger charge is 2.27. The van der Waals surface area contributed by atoms with Crippen molar-refractivity contribution in [2.45, 2.75) is 32.7 Å². The van der Waals surface area contributed by atoms with Crippen LogP contribution < -0.4 is 5.32 Å². The van der Waals surface area contributed by atoms with Crippen LogP contribution >= 0.6 is 0 Å². The number of fused-ring (bicyclic) bond motifs is 1. The second kappa shape index (κ2) is 5.83. The Kier molecular flexibility index (Phi) is 3.86. The average molecular weight is 309 g/mol. The largest absolute Gasteiger partial charge is 0.344 e. The van der Waals surface area contributed by atoms with Gasteiger partial charge in [0.2, 0.25) is 11.8 Å². The molecule has 0 aliphatic carbocycles. The molecule has 0 spiro atoms. The molecule has 3 rings (SSSR count). The average Bonchev–Trinajstić information content (AvgIpc) is 2.95. The molecule has 0 saturated carbocycles. The Hall–Kier alpha value is -2.69. The van der Waals surface area contributed by atoms with E-state index in [-0.39, 0.29) is 5.91 Å². The number of nitrogens with zero attached hydrogens (tertiary/aromatic N) is 2. The van der Waals surface area contributed by atoms with Gasteiger partial charge in [0.25, 0.3) is 0 Å². The SMILES string of the molecule is CC(=O)NC(C)(C)c1noc(Cc2ccc3ccccc3c2)n1. The standard InChI is InChI=1S/C18H19N3O2/c1-12(22)20-18(2,3)17-19-16(23-21-17)11-13-8-9-14-6-4-5-7-15(14)10-13/h4-10H,11H2,1-3H3,(H,20,22). The molecule has 2 aromatic carbocycles. The summed E-state index contributed by atoms with van der Waals surface area (Å²) in [5, 5.41) is 9.20. The molecule has 0 unspecified atom stereocenters.